The number of hydrogen-bond donors (Lipinski definition) is 2. The molecule has 0 radical (unpaired) electrons. The molecule has 1 aromatic carbocycles. The maximum Gasteiger partial charge on any atom is 0.201 e. The topological polar surface area (TPSA) is 53.2 Å². The number of H-pyrrole nitrogens is 1. The highest BCUT2D eigenvalue weighted by Crippen LogP contribution is 2.18. The monoisotopic (exact) mass is 288 g/mol. The van der Waals surface area contributed by atoms with Crippen LogP contribution in [0.1, 0.15) is 19.3 Å². The van der Waals surface area contributed by atoms with Crippen molar-refractivity contribution in [2.75, 3.05) is 38.7 Å². The predicted octanol–water partition coefficient (Wildman–Crippen LogP) is 2.48. The lowest BCUT2D eigenvalue weighted by atomic mass is 10.1. The third-order valence-electron chi connectivity index (χ3n) is 4.14. The van der Waals surface area contributed by atoms with Crippen LogP contribution in [-0.2, 0) is 4.74 Å². The van der Waals surface area contributed by atoms with E-state index in [9.17, 15) is 0 Å². The van der Waals surface area contributed by atoms with Crippen molar-refractivity contribution in [1.82, 2.24) is 14.9 Å². The van der Waals surface area contributed by atoms with Crippen LogP contribution in [-0.4, -0.2) is 54.3 Å². The second-order valence-electron chi connectivity index (χ2n) is 5.71. The van der Waals surface area contributed by atoms with Gasteiger partial charge in [-0.15, -0.1) is 0 Å². The molecule has 1 aromatic heterocycles. The van der Waals surface area contributed by atoms with Gasteiger partial charge in [0, 0.05) is 39.4 Å². The molecule has 5 nitrogen and oxygen atoms in total. The molecule has 114 valence electrons. The van der Waals surface area contributed by atoms with Crippen molar-refractivity contribution in [1.29, 1.82) is 0 Å². The summed E-state index contributed by atoms with van der Waals surface area (Å²) in [6.07, 6.45) is 3.46. The van der Waals surface area contributed by atoms with Crippen LogP contribution < -0.4 is 5.32 Å². The van der Waals surface area contributed by atoms with Crippen LogP contribution in [0.5, 0.6) is 0 Å². The lowest BCUT2D eigenvalue weighted by molar-refractivity contribution is 0.159. The first-order valence-electron chi connectivity index (χ1n) is 7.78. The van der Waals surface area contributed by atoms with Gasteiger partial charge in [0.05, 0.1) is 11.0 Å². The molecule has 1 aliphatic rings. The quantitative estimate of drug-likeness (QED) is 0.802. The predicted molar refractivity (Wildman–Crippen MR) is 85.7 cm³/mol. The molecule has 0 aliphatic carbocycles. The molecule has 0 spiro atoms. The number of rotatable bonds is 6. The fraction of sp³-hybridized carbons (Fsp3) is 0.562. The molecule has 0 unspecified atom stereocenters. The highest BCUT2D eigenvalue weighted by Gasteiger charge is 2.19. The highest BCUT2D eigenvalue weighted by atomic mass is 16.5. The zero-order chi connectivity index (χ0) is 14.5. The van der Waals surface area contributed by atoms with Crippen molar-refractivity contribution in [3.63, 3.8) is 0 Å². The van der Waals surface area contributed by atoms with Crippen molar-refractivity contribution in [3.8, 4) is 0 Å². The third kappa shape index (κ3) is 3.74. The summed E-state index contributed by atoms with van der Waals surface area (Å²) in [4.78, 5) is 10.5. The molecule has 0 amide bonds. The van der Waals surface area contributed by atoms with Crippen LogP contribution in [0.4, 0.5) is 5.95 Å². The lowest BCUT2D eigenvalue weighted by Crippen LogP contribution is -2.39. The fourth-order valence-corrected chi connectivity index (χ4v) is 2.95. The van der Waals surface area contributed by atoms with E-state index in [4.69, 9.17) is 4.74 Å². The van der Waals surface area contributed by atoms with E-state index < -0.39 is 0 Å². The SMILES string of the molecule is COCCCN1CCC(Nc2nc3ccccc3[nH]2)CC1. The first-order chi connectivity index (χ1) is 10.3. The third-order valence-corrected chi connectivity index (χ3v) is 4.14. The average molecular weight is 288 g/mol. The van der Waals surface area contributed by atoms with Crippen LogP contribution in [0.25, 0.3) is 11.0 Å². The molecule has 2 heterocycles. The molecule has 21 heavy (non-hydrogen) atoms. The van der Waals surface area contributed by atoms with E-state index in [0.29, 0.717) is 6.04 Å². The van der Waals surface area contributed by atoms with Gasteiger partial charge in [0.2, 0.25) is 5.95 Å². The smallest absolute Gasteiger partial charge is 0.201 e. The van der Waals surface area contributed by atoms with Gasteiger partial charge in [0.1, 0.15) is 0 Å². The van der Waals surface area contributed by atoms with Crippen molar-refractivity contribution in [3.05, 3.63) is 24.3 Å². The van der Waals surface area contributed by atoms with Crippen molar-refractivity contribution >= 4 is 17.0 Å². The lowest BCUT2D eigenvalue weighted by Gasteiger charge is -2.32. The van der Waals surface area contributed by atoms with Gasteiger partial charge < -0.3 is 19.9 Å². The number of aromatic nitrogens is 2. The Morgan fingerprint density at radius 2 is 2.14 bits per heavy atom. The number of likely N-dealkylation sites (tertiary alicyclic amines) is 1. The Bertz CT molecular complexity index is 527. The minimum absolute atomic E-state index is 0.518. The van der Waals surface area contributed by atoms with Gasteiger partial charge >= 0.3 is 0 Å². The number of ether oxygens (including phenoxy) is 1. The number of piperidine rings is 1. The minimum atomic E-state index is 0.518. The van der Waals surface area contributed by atoms with Crippen LogP contribution in [0, 0.1) is 0 Å². The fourth-order valence-electron chi connectivity index (χ4n) is 2.95. The van der Waals surface area contributed by atoms with Crippen molar-refractivity contribution in [2.24, 2.45) is 0 Å². The summed E-state index contributed by atoms with van der Waals surface area (Å²) < 4.78 is 5.11. The first-order valence-corrected chi connectivity index (χ1v) is 7.78. The van der Waals surface area contributed by atoms with E-state index in [1.54, 1.807) is 7.11 Å². The summed E-state index contributed by atoms with van der Waals surface area (Å²) in [6.45, 7) is 4.31. The second kappa shape index (κ2) is 6.91. The molecule has 0 atom stereocenters. The molecular formula is C16H24N4O. The average Bonchev–Trinajstić information content (AvgIpc) is 2.91. The number of fused-ring (bicyclic) bond motifs is 1. The Hall–Kier alpha value is -1.59. The van der Waals surface area contributed by atoms with Crippen molar-refractivity contribution < 1.29 is 4.74 Å². The molecule has 1 aliphatic heterocycles. The number of imidazole rings is 1. The summed E-state index contributed by atoms with van der Waals surface area (Å²) in [5.41, 5.74) is 2.12. The van der Waals surface area contributed by atoms with Crippen LogP contribution in [0.3, 0.4) is 0 Å². The first kappa shape index (κ1) is 14.4. The van der Waals surface area contributed by atoms with Gasteiger partial charge in [0.15, 0.2) is 0 Å². The summed E-state index contributed by atoms with van der Waals surface area (Å²) in [5, 5.41) is 3.54. The largest absolute Gasteiger partial charge is 0.385 e. The molecule has 1 saturated heterocycles. The Kier molecular flexibility index (Phi) is 4.72. The van der Waals surface area contributed by atoms with Crippen molar-refractivity contribution in [2.45, 2.75) is 25.3 Å². The summed E-state index contributed by atoms with van der Waals surface area (Å²) in [7, 11) is 1.77. The molecule has 2 N–H and O–H groups in total. The minimum Gasteiger partial charge on any atom is -0.385 e. The van der Waals surface area contributed by atoms with Gasteiger partial charge in [-0.3, -0.25) is 0 Å². The Morgan fingerprint density at radius 1 is 1.33 bits per heavy atom. The Balaban J connectivity index is 1.48. The number of methoxy groups -OCH3 is 1. The van der Waals surface area contributed by atoms with E-state index >= 15 is 0 Å². The Labute approximate surface area is 125 Å². The summed E-state index contributed by atoms with van der Waals surface area (Å²) in [6, 6.07) is 8.67. The summed E-state index contributed by atoms with van der Waals surface area (Å²) in [5.74, 6) is 0.897. The van der Waals surface area contributed by atoms with E-state index in [0.717, 1.165) is 49.6 Å². The summed E-state index contributed by atoms with van der Waals surface area (Å²) >= 11 is 0. The zero-order valence-electron chi connectivity index (χ0n) is 12.6. The standard InChI is InChI=1S/C16H24N4O/c1-21-12-4-9-20-10-7-13(8-11-20)17-16-18-14-5-2-3-6-15(14)19-16/h2-3,5-6,13H,4,7-12H2,1H3,(H2,17,18,19). The zero-order valence-corrected chi connectivity index (χ0v) is 12.6. The van der Waals surface area contributed by atoms with E-state index in [1.807, 2.05) is 18.2 Å². The van der Waals surface area contributed by atoms with Gasteiger partial charge in [-0.05, 0) is 31.4 Å². The molecule has 0 bridgehead atoms. The molecule has 3 rings (SSSR count). The number of nitrogens with one attached hydrogen (secondary N) is 2. The normalized spacial score (nSPS) is 17.4. The maximum atomic E-state index is 5.11. The molecule has 5 heteroatoms. The van der Waals surface area contributed by atoms with Gasteiger partial charge in [-0.2, -0.15) is 0 Å². The van der Waals surface area contributed by atoms with Crippen LogP contribution in [0.2, 0.25) is 0 Å². The van der Waals surface area contributed by atoms with Crippen LogP contribution in [0.15, 0.2) is 24.3 Å². The maximum absolute atomic E-state index is 5.11. The van der Waals surface area contributed by atoms with Gasteiger partial charge in [-0.25, -0.2) is 4.98 Å². The number of aromatic amines is 1. The highest BCUT2D eigenvalue weighted by molar-refractivity contribution is 5.77. The number of benzene rings is 1. The molecule has 0 saturated carbocycles. The van der Waals surface area contributed by atoms with Crippen LogP contribution >= 0.6 is 0 Å². The molecular weight excluding hydrogens is 264 g/mol. The van der Waals surface area contributed by atoms with Gasteiger partial charge in [0.25, 0.3) is 0 Å². The molecule has 1 fully saturated rings. The number of anilines is 1. The van der Waals surface area contributed by atoms with Gasteiger partial charge in [-0.1, -0.05) is 12.1 Å². The van der Waals surface area contributed by atoms with E-state index in [2.05, 4.69) is 26.3 Å². The number of nitrogens with zero attached hydrogens (tertiary/aromatic N) is 2. The van der Waals surface area contributed by atoms with E-state index in [-0.39, 0.29) is 0 Å². The van der Waals surface area contributed by atoms with E-state index in [1.165, 1.54) is 12.8 Å². The number of para-hydroxylation sites is 2. The Morgan fingerprint density at radius 3 is 2.90 bits per heavy atom. The molecule has 2 aromatic rings. The second-order valence-corrected chi connectivity index (χ2v) is 5.71. The number of hydrogen-bond acceptors (Lipinski definition) is 4.